The Morgan fingerprint density at radius 3 is 1.45 bits per heavy atom. The first-order chi connectivity index (χ1) is 14.8. The molecule has 164 valence electrons. The van der Waals surface area contributed by atoms with Gasteiger partial charge in [-0.1, -0.05) is 38.1 Å². The third-order valence-electron chi connectivity index (χ3n) is 8.06. The van der Waals surface area contributed by atoms with Gasteiger partial charge < -0.3 is 10.2 Å². The molecule has 2 aliphatic rings. The van der Waals surface area contributed by atoms with Crippen LogP contribution in [0.1, 0.15) is 74.6 Å². The average Bonchev–Trinajstić information content (AvgIpc) is 2.78. The van der Waals surface area contributed by atoms with Crippen LogP contribution in [0.3, 0.4) is 0 Å². The molecule has 0 saturated carbocycles. The number of benzene rings is 2. The van der Waals surface area contributed by atoms with Crippen molar-refractivity contribution in [2.24, 2.45) is 17.3 Å². The Morgan fingerprint density at radius 1 is 0.710 bits per heavy atom. The van der Waals surface area contributed by atoms with Crippen molar-refractivity contribution in [1.82, 2.24) is 0 Å². The van der Waals surface area contributed by atoms with Crippen molar-refractivity contribution >= 4 is 11.1 Å². The fraction of sp³-hybridized carbons (Fsp3) is 0.448. The maximum atomic E-state index is 9.82. The summed E-state index contributed by atoms with van der Waals surface area (Å²) in [7, 11) is 0. The predicted molar refractivity (Wildman–Crippen MR) is 130 cm³/mol. The van der Waals surface area contributed by atoms with Crippen LogP contribution in [0, 0.1) is 31.1 Å². The van der Waals surface area contributed by atoms with E-state index in [4.69, 9.17) is 0 Å². The van der Waals surface area contributed by atoms with Crippen molar-refractivity contribution in [3.05, 3.63) is 70.8 Å². The monoisotopic (exact) mass is 416 g/mol. The van der Waals surface area contributed by atoms with Gasteiger partial charge in [0.05, 0.1) is 0 Å². The van der Waals surface area contributed by atoms with E-state index in [0.717, 1.165) is 36.8 Å². The summed E-state index contributed by atoms with van der Waals surface area (Å²) in [5.74, 6) is 2.19. The van der Waals surface area contributed by atoms with Crippen molar-refractivity contribution in [2.45, 2.75) is 66.2 Å². The summed E-state index contributed by atoms with van der Waals surface area (Å²) in [5, 5.41) is 19.6. The van der Waals surface area contributed by atoms with Gasteiger partial charge >= 0.3 is 0 Å². The van der Waals surface area contributed by atoms with Crippen molar-refractivity contribution in [3.8, 4) is 11.5 Å². The molecular formula is C29H36O2. The van der Waals surface area contributed by atoms with Crippen LogP contribution in [-0.2, 0) is 0 Å². The molecular weight excluding hydrogens is 380 g/mol. The Labute approximate surface area is 187 Å². The summed E-state index contributed by atoms with van der Waals surface area (Å²) in [6.07, 6.45) is 11.9. The van der Waals surface area contributed by atoms with Crippen LogP contribution in [0.25, 0.3) is 11.1 Å². The molecule has 2 unspecified atom stereocenters. The molecule has 4 rings (SSSR count). The molecule has 0 spiro atoms. The van der Waals surface area contributed by atoms with Crippen molar-refractivity contribution in [1.29, 1.82) is 0 Å². The van der Waals surface area contributed by atoms with Crippen molar-refractivity contribution < 1.29 is 10.2 Å². The second-order valence-electron chi connectivity index (χ2n) is 10.2. The highest BCUT2D eigenvalue weighted by Gasteiger charge is 2.38. The van der Waals surface area contributed by atoms with E-state index >= 15 is 0 Å². The molecule has 0 aromatic heterocycles. The summed E-state index contributed by atoms with van der Waals surface area (Å²) in [6, 6.07) is 12.0. The lowest BCUT2D eigenvalue weighted by atomic mass is 9.61. The van der Waals surface area contributed by atoms with Gasteiger partial charge in [0.1, 0.15) is 11.5 Å². The van der Waals surface area contributed by atoms with Crippen LogP contribution in [0.5, 0.6) is 11.5 Å². The van der Waals surface area contributed by atoms with Crippen LogP contribution < -0.4 is 0 Å². The molecule has 2 heteroatoms. The highest BCUT2D eigenvalue weighted by atomic mass is 16.3. The Morgan fingerprint density at radius 2 is 1.13 bits per heavy atom. The van der Waals surface area contributed by atoms with Crippen LogP contribution >= 0.6 is 0 Å². The minimum absolute atomic E-state index is 0.319. The highest BCUT2D eigenvalue weighted by molar-refractivity contribution is 5.68. The topological polar surface area (TPSA) is 40.5 Å². The number of phenolic OH excluding ortho intramolecular Hbond substituents is 2. The van der Waals surface area contributed by atoms with E-state index in [1.165, 1.54) is 35.1 Å². The fourth-order valence-corrected chi connectivity index (χ4v) is 5.59. The molecule has 2 atom stereocenters. The van der Waals surface area contributed by atoms with Gasteiger partial charge in [0.2, 0.25) is 0 Å². The molecule has 0 aliphatic heterocycles. The second-order valence-corrected chi connectivity index (χ2v) is 10.2. The molecule has 2 nitrogen and oxygen atoms in total. The average molecular weight is 417 g/mol. The molecule has 0 saturated heterocycles. The van der Waals surface area contributed by atoms with Gasteiger partial charge in [0, 0.05) is 0 Å². The molecule has 2 aliphatic carbocycles. The number of hydrogen-bond donors (Lipinski definition) is 2. The smallest absolute Gasteiger partial charge is 0.118 e. The zero-order chi connectivity index (χ0) is 22.2. The zero-order valence-corrected chi connectivity index (χ0v) is 19.4. The van der Waals surface area contributed by atoms with Gasteiger partial charge in [-0.15, -0.1) is 0 Å². The van der Waals surface area contributed by atoms with Crippen LogP contribution in [-0.4, -0.2) is 10.2 Å². The maximum Gasteiger partial charge on any atom is 0.118 e. The fourth-order valence-electron chi connectivity index (χ4n) is 5.59. The first kappa shape index (κ1) is 21.7. The zero-order valence-electron chi connectivity index (χ0n) is 19.4. The lowest BCUT2D eigenvalue weighted by Crippen LogP contribution is -2.34. The van der Waals surface area contributed by atoms with E-state index < -0.39 is 0 Å². The SMILES string of the molecule is Cc1cc(C2=CCC(C(C)(C)C3CC=C(c4ccc(O)c(C)c4)CC3)CC2)ccc1O. The number of hydrogen-bond acceptors (Lipinski definition) is 2. The van der Waals surface area contributed by atoms with Crippen LogP contribution in [0.2, 0.25) is 0 Å². The first-order valence-corrected chi connectivity index (χ1v) is 11.7. The Hall–Kier alpha value is -2.48. The lowest BCUT2D eigenvalue weighted by molar-refractivity contribution is 0.0991. The van der Waals surface area contributed by atoms with Crippen LogP contribution in [0.4, 0.5) is 0 Å². The van der Waals surface area contributed by atoms with Crippen LogP contribution in [0.15, 0.2) is 48.6 Å². The molecule has 0 bridgehead atoms. The molecule has 0 fully saturated rings. The summed E-state index contributed by atoms with van der Waals surface area (Å²) in [5.41, 5.74) is 7.62. The predicted octanol–water partition coefficient (Wildman–Crippen LogP) is 7.81. The lowest BCUT2D eigenvalue weighted by Gasteiger charge is -2.44. The number of rotatable bonds is 4. The molecule has 0 amide bonds. The largest absolute Gasteiger partial charge is 0.508 e. The van der Waals surface area contributed by atoms with Gasteiger partial charge in [-0.2, -0.15) is 0 Å². The number of aryl methyl sites for hydroxylation is 2. The standard InChI is InChI=1S/C29H36O2/c1-19-17-23(9-15-27(19)30)21-5-11-25(12-6-21)29(3,4)26-13-7-22(8-14-26)24-10-16-28(31)20(2)18-24/h5,7,9-10,15-18,25-26,30-31H,6,8,11-14H2,1-4H3. The molecule has 2 aromatic carbocycles. The van der Waals surface area contributed by atoms with E-state index in [0.29, 0.717) is 28.7 Å². The third-order valence-corrected chi connectivity index (χ3v) is 8.06. The van der Waals surface area contributed by atoms with Gasteiger partial charge in [-0.25, -0.2) is 0 Å². The minimum Gasteiger partial charge on any atom is -0.508 e. The van der Waals surface area contributed by atoms with E-state index in [2.05, 4.69) is 50.3 Å². The maximum absolute atomic E-state index is 9.82. The van der Waals surface area contributed by atoms with E-state index in [1.54, 1.807) is 0 Å². The van der Waals surface area contributed by atoms with Crippen molar-refractivity contribution in [3.63, 3.8) is 0 Å². The van der Waals surface area contributed by atoms with Gasteiger partial charge in [-0.05, 0) is 127 Å². The normalized spacial score (nSPS) is 22.1. The number of phenols is 2. The van der Waals surface area contributed by atoms with Crippen molar-refractivity contribution in [2.75, 3.05) is 0 Å². The summed E-state index contributed by atoms with van der Waals surface area (Å²) in [4.78, 5) is 0. The van der Waals surface area contributed by atoms with E-state index in [9.17, 15) is 10.2 Å². The quantitative estimate of drug-likeness (QED) is 0.533. The molecule has 2 N–H and O–H groups in total. The Balaban J connectivity index is 1.43. The second kappa shape index (κ2) is 8.57. The molecule has 0 radical (unpaired) electrons. The highest BCUT2D eigenvalue weighted by Crippen LogP contribution is 2.49. The van der Waals surface area contributed by atoms with Gasteiger partial charge in [0.15, 0.2) is 0 Å². The molecule has 0 heterocycles. The number of allylic oxidation sites excluding steroid dienone is 4. The van der Waals surface area contributed by atoms with Gasteiger partial charge in [0.25, 0.3) is 0 Å². The number of aromatic hydroxyl groups is 2. The van der Waals surface area contributed by atoms with Gasteiger partial charge in [-0.3, -0.25) is 0 Å². The molecule has 2 aromatic rings. The first-order valence-electron chi connectivity index (χ1n) is 11.7. The summed E-state index contributed by atoms with van der Waals surface area (Å²) >= 11 is 0. The Kier molecular flexibility index (Phi) is 6.01. The third kappa shape index (κ3) is 4.44. The Bertz CT molecular complexity index is 944. The van der Waals surface area contributed by atoms with E-state index in [1.807, 2.05) is 26.0 Å². The minimum atomic E-state index is 0.319. The summed E-state index contributed by atoms with van der Waals surface area (Å²) in [6.45, 7) is 8.90. The van der Waals surface area contributed by atoms with E-state index in [-0.39, 0.29) is 0 Å². The summed E-state index contributed by atoms with van der Waals surface area (Å²) < 4.78 is 0. The molecule has 31 heavy (non-hydrogen) atoms.